The van der Waals surface area contributed by atoms with Crippen LogP contribution in [0.5, 0.6) is 0 Å². The molecule has 3 N–H and O–H groups in total. The van der Waals surface area contributed by atoms with Gasteiger partial charge >= 0.3 is 0 Å². The third-order valence-corrected chi connectivity index (χ3v) is 2.44. The molecule has 0 aromatic rings. The molecule has 6 nitrogen and oxygen atoms in total. The lowest BCUT2D eigenvalue weighted by Gasteiger charge is -2.15. The van der Waals surface area contributed by atoms with E-state index in [1.807, 2.05) is 6.92 Å². The molecule has 0 aliphatic carbocycles. The van der Waals surface area contributed by atoms with Gasteiger partial charge in [-0.15, -0.1) is 0 Å². The molecule has 1 saturated heterocycles. The van der Waals surface area contributed by atoms with Gasteiger partial charge in [0, 0.05) is 26.1 Å². The summed E-state index contributed by atoms with van der Waals surface area (Å²) < 4.78 is 5.15. The number of hydrogen-bond donors (Lipinski definition) is 2. The topological polar surface area (TPSA) is 84.7 Å². The maximum absolute atomic E-state index is 11.4. The van der Waals surface area contributed by atoms with Crippen molar-refractivity contribution in [2.24, 2.45) is 11.8 Å². The van der Waals surface area contributed by atoms with Crippen LogP contribution in [0, 0.1) is 5.92 Å². The Labute approximate surface area is 88.7 Å². The van der Waals surface area contributed by atoms with Gasteiger partial charge in [0.15, 0.2) is 0 Å². The number of nitrogens with zero attached hydrogens (tertiary/aromatic N) is 1. The number of rotatable bonds is 5. The Morgan fingerprint density at radius 3 is 3.07 bits per heavy atom. The first-order valence-electron chi connectivity index (χ1n) is 5.05. The molecule has 1 rings (SSSR count). The fraction of sp³-hybridized carbons (Fsp3) is 0.778. The van der Waals surface area contributed by atoms with Crippen molar-refractivity contribution in [2.75, 3.05) is 26.3 Å². The van der Waals surface area contributed by atoms with Crippen LogP contribution >= 0.6 is 0 Å². The van der Waals surface area contributed by atoms with E-state index in [0.717, 1.165) is 0 Å². The summed E-state index contributed by atoms with van der Waals surface area (Å²) in [5.41, 5.74) is 2.07. The van der Waals surface area contributed by atoms with Crippen LogP contribution < -0.4 is 11.3 Å². The van der Waals surface area contributed by atoms with E-state index in [4.69, 9.17) is 10.6 Å². The van der Waals surface area contributed by atoms with Crippen molar-refractivity contribution in [2.45, 2.75) is 13.3 Å². The number of hydrogen-bond acceptors (Lipinski definition) is 4. The quantitative estimate of drug-likeness (QED) is 0.263. The van der Waals surface area contributed by atoms with Gasteiger partial charge in [-0.2, -0.15) is 0 Å². The lowest BCUT2D eigenvalue weighted by molar-refractivity contribution is -0.129. The van der Waals surface area contributed by atoms with E-state index in [0.29, 0.717) is 26.3 Å². The molecular weight excluding hydrogens is 198 g/mol. The Morgan fingerprint density at radius 1 is 1.73 bits per heavy atom. The molecule has 1 unspecified atom stereocenters. The normalized spacial score (nSPS) is 20.8. The van der Waals surface area contributed by atoms with Crippen LogP contribution in [0.25, 0.3) is 0 Å². The van der Waals surface area contributed by atoms with E-state index in [-0.39, 0.29) is 24.2 Å². The number of nitrogens with two attached hydrogens (primary N) is 1. The third kappa shape index (κ3) is 3.17. The maximum Gasteiger partial charge on any atom is 0.239 e. The molecule has 1 aliphatic rings. The lowest BCUT2D eigenvalue weighted by atomic mass is 10.1. The SMILES string of the molecule is CCOCCN1CC(C(=O)NN)CC1=O. The van der Waals surface area contributed by atoms with Gasteiger partial charge in [-0.25, -0.2) is 5.84 Å². The van der Waals surface area contributed by atoms with Crippen LogP contribution in [0.15, 0.2) is 0 Å². The van der Waals surface area contributed by atoms with Crippen molar-refractivity contribution >= 4 is 11.8 Å². The van der Waals surface area contributed by atoms with Crippen LogP contribution in [-0.2, 0) is 14.3 Å². The van der Waals surface area contributed by atoms with Gasteiger partial charge in [-0.05, 0) is 6.92 Å². The molecule has 0 aromatic heterocycles. The van der Waals surface area contributed by atoms with E-state index in [1.165, 1.54) is 0 Å². The number of hydrazine groups is 1. The molecule has 1 atom stereocenters. The van der Waals surface area contributed by atoms with Crippen molar-refractivity contribution in [3.63, 3.8) is 0 Å². The zero-order valence-electron chi connectivity index (χ0n) is 8.86. The monoisotopic (exact) mass is 215 g/mol. The summed E-state index contributed by atoms with van der Waals surface area (Å²) in [6.45, 7) is 4.03. The van der Waals surface area contributed by atoms with Crippen molar-refractivity contribution in [1.29, 1.82) is 0 Å². The molecule has 86 valence electrons. The molecule has 1 heterocycles. The first-order valence-corrected chi connectivity index (χ1v) is 5.05. The minimum absolute atomic E-state index is 0.0108. The summed E-state index contributed by atoms with van der Waals surface area (Å²) >= 11 is 0. The Morgan fingerprint density at radius 2 is 2.47 bits per heavy atom. The first kappa shape index (κ1) is 11.9. The fourth-order valence-corrected chi connectivity index (χ4v) is 1.60. The zero-order chi connectivity index (χ0) is 11.3. The van der Waals surface area contributed by atoms with E-state index in [1.54, 1.807) is 4.90 Å². The Balaban J connectivity index is 2.35. The molecule has 0 aromatic carbocycles. The highest BCUT2D eigenvalue weighted by Crippen LogP contribution is 2.17. The largest absolute Gasteiger partial charge is 0.380 e. The van der Waals surface area contributed by atoms with Crippen LogP contribution in [-0.4, -0.2) is 43.0 Å². The van der Waals surface area contributed by atoms with Crippen molar-refractivity contribution < 1.29 is 14.3 Å². The van der Waals surface area contributed by atoms with E-state index < -0.39 is 0 Å². The highest BCUT2D eigenvalue weighted by molar-refractivity contribution is 5.88. The summed E-state index contributed by atoms with van der Waals surface area (Å²) in [4.78, 5) is 24.3. The smallest absolute Gasteiger partial charge is 0.239 e. The van der Waals surface area contributed by atoms with Gasteiger partial charge in [-0.1, -0.05) is 0 Å². The summed E-state index contributed by atoms with van der Waals surface area (Å²) in [7, 11) is 0. The van der Waals surface area contributed by atoms with Gasteiger partial charge in [0.05, 0.1) is 12.5 Å². The number of carbonyl (C=O) groups is 2. The number of amides is 2. The van der Waals surface area contributed by atoms with E-state index in [9.17, 15) is 9.59 Å². The second-order valence-electron chi connectivity index (χ2n) is 3.45. The first-order chi connectivity index (χ1) is 7.19. The summed E-state index contributed by atoms with van der Waals surface area (Å²) in [5.74, 6) is 4.41. The van der Waals surface area contributed by atoms with Gasteiger partial charge in [0.2, 0.25) is 11.8 Å². The van der Waals surface area contributed by atoms with Crippen LogP contribution in [0.4, 0.5) is 0 Å². The molecule has 2 amide bonds. The van der Waals surface area contributed by atoms with E-state index in [2.05, 4.69) is 5.43 Å². The average Bonchev–Trinajstić information content (AvgIpc) is 2.60. The molecule has 0 saturated carbocycles. The van der Waals surface area contributed by atoms with Gasteiger partial charge in [0.1, 0.15) is 0 Å². The molecule has 0 radical (unpaired) electrons. The Bertz CT molecular complexity index is 245. The van der Waals surface area contributed by atoms with Crippen molar-refractivity contribution in [3.05, 3.63) is 0 Å². The molecule has 0 bridgehead atoms. The van der Waals surface area contributed by atoms with Gasteiger partial charge < -0.3 is 9.64 Å². The standard InChI is InChI=1S/C9H17N3O3/c1-2-15-4-3-12-6-7(5-8(12)13)9(14)11-10/h7H,2-6,10H2,1H3,(H,11,14). The van der Waals surface area contributed by atoms with Crippen molar-refractivity contribution in [1.82, 2.24) is 10.3 Å². The van der Waals surface area contributed by atoms with Crippen LogP contribution in [0.3, 0.4) is 0 Å². The summed E-state index contributed by atoms with van der Waals surface area (Å²) in [6, 6.07) is 0. The van der Waals surface area contributed by atoms with Gasteiger partial charge in [0.25, 0.3) is 0 Å². The lowest BCUT2D eigenvalue weighted by Crippen LogP contribution is -2.37. The fourth-order valence-electron chi connectivity index (χ4n) is 1.60. The number of likely N-dealkylation sites (tertiary alicyclic amines) is 1. The molecule has 0 spiro atoms. The third-order valence-electron chi connectivity index (χ3n) is 2.44. The minimum atomic E-state index is -0.316. The Kier molecular flexibility index (Phi) is 4.51. The van der Waals surface area contributed by atoms with E-state index >= 15 is 0 Å². The predicted molar refractivity (Wildman–Crippen MR) is 53.5 cm³/mol. The molecule has 1 aliphatic heterocycles. The molecule has 1 fully saturated rings. The average molecular weight is 215 g/mol. The highest BCUT2D eigenvalue weighted by Gasteiger charge is 2.33. The molecular formula is C9H17N3O3. The summed E-state index contributed by atoms with van der Waals surface area (Å²) in [6.07, 6.45) is 0.245. The van der Waals surface area contributed by atoms with Crippen molar-refractivity contribution in [3.8, 4) is 0 Å². The highest BCUT2D eigenvalue weighted by atomic mass is 16.5. The Hall–Kier alpha value is -1.14. The molecule has 6 heteroatoms. The number of nitrogens with one attached hydrogen (secondary N) is 1. The molecule has 15 heavy (non-hydrogen) atoms. The predicted octanol–water partition coefficient (Wildman–Crippen LogP) is -1.14. The summed E-state index contributed by atoms with van der Waals surface area (Å²) in [5, 5.41) is 0. The second-order valence-corrected chi connectivity index (χ2v) is 3.45. The second kappa shape index (κ2) is 5.67. The minimum Gasteiger partial charge on any atom is -0.380 e. The maximum atomic E-state index is 11.4. The van der Waals surface area contributed by atoms with Crippen LogP contribution in [0.2, 0.25) is 0 Å². The number of carbonyl (C=O) groups excluding carboxylic acids is 2. The zero-order valence-corrected chi connectivity index (χ0v) is 8.86. The number of ether oxygens (including phenoxy) is 1. The van der Waals surface area contributed by atoms with Gasteiger partial charge in [-0.3, -0.25) is 15.0 Å². The van der Waals surface area contributed by atoms with Crippen LogP contribution in [0.1, 0.15) is 13.3 Å².